The first-order valence-corrected chi connectivity index (χ1v) is 20.8. The lowest BCUT2D eigenvalue weighted by Crippen LogP contribution is -2.04. The first-order valence-electron chi connectivity index (χ1n) is 20.8. The third-order valence-electron chi connectivity index (χ3n) is 11.4. The topological polar surface area (TPSA) is 130 Å². The van der Waals surface area contributed by atoms with Crippen molar-refractivity contribution >= 4 is 73.3 Å². The summed E-state index contributed by atoms with van der Waals surface area (Å²) >= 11 is 0. The van der Waals surface area contributed by atoms with E-state index >= 15 is 0 Å². The maximum atomic E-state index is 5.34. The number of pyridine rings is 5. The molecule has 0 aliphatic rings. The second-order valence-corrected chi connectivity index (χ2v) is 15.2. The van der Waals surface area contributed by atoms with Crippen LogP contribution in [0.3, 0.4) is 0 Å². The van der Waals surface area contributed by atoms with Gasteiger partial charge in [0.05, 0.1) is 33.8 Å². The van der Waals surface area contributed by atoms with Crippen LogP contribution in [0.1, 0.15) is 12.5 Å². The first kappa shape index (κ1) is 36.8. The number of hydrogen-bond acceptors (Lipinski definition) is 9. The van der Waals surface area contributed by atoms with Gasteiger partial charge in [0.15, 0.2) is 16.9 Å². The van der Waals surface area contributed by atoms with Gasteiger partial charge in [-0.05, 0) is 91.9 Å². The second kappa shape index (κ2) is 14.9. The summed E-state index contributed by atoms with van der Waals surface area (Å²) in [4.78, 5) is 45.3. The maximum absolute atomic E-state index is 5.34. The smallest absolute Gasteiger partial charge is 0.165 e. The highest BCUT2D eigenvalue weighted by atomic mass is 15.2. The van der Waals surface area contributed by atoms with Crippen LogP contribution in [-0.2, 0) is 0 Å². The Bertz CT molecular complexity index is 3670. The van der Waals surface area contributed by atoms with Crippen molar-refractivity contribution in [1.82, 2.24) is 53.6 Å². The molecule has 0 spiro atoms. The van der Waals surface area contributed by atoms with Crippen LogP contribution in [0.5, 0.6) is 0 Å². The van der Waals surface area contributed by atoms with E-state index in [9.17, 15) is 0 Å². The van der Waals surface area contributed by atoms with Crippen LogP contribution < -0.4 is 0 Å². The molecule has 64 heavy (non-hydrogen) atoms. The van der Waals surface area contributed by atoms with Crippen LogP contribution in [0.2, 0.25) is 0 Å². The van der Waals surface area contributed by atoms with Crippen molar-refractivity contribution in [2.24, 2.45) is 4.99 Å². The molecule has 0 saturated carbocycles. The fourth-order valence-corrected chi connectivity index (χ4v) is 8.72. The monoisotopic (exact) mass is 826 g/mol. The van der Waals surface area contributed by atoms with Gasteiger partial charge in [-0.15, -0.1) is 0 Å². The number of aromatic nitrogens is 11. The predicted octanol–water partition coefficient (Wildman–Crippen LogP) is 11.4. The number of nitrogens with zero attached hydrogens (tertiary/aromatic N) is 12. The van der Waals surface area contributed by atoms with Crippen molar-refractivity contribution in [2.75, 3.05) is 0 Å². The second-order valence-electron chi connectivity index (χ2n) is 15.2. The fraction of sp³-hybridized carbons (Fsp3) is 0.0192. The Morgan fingerprint density at radius 1 is 0.453 bits per heavy atom. The fourth-order valence-electron chi connectivity index (χ4n) is 8.72. The highest BCUT2D eigenvalue weighted by Gasteiger charge is 2.25. The molecule has 8 aromatic heterocycles. The zero-order valence-electron chi connectivity index (χ0n) is 34.3. The van der Waals surface area contributed by atoms with Gasteiger partial charge in [-0.3, -0.25) is 28.7 Å². The van der Waals surface area contributed by atoms with Crippen molar-refractivity contribution in [3.8, 4) is 51.2 Å². The molecule has 0 unspecified atom stereocenters. The molecule has 0 radical (unpaired) electrons. The van der Waals surface area contributed by atoms with E-state index in [2.05, 4.69) is 74.9 Å². The van der Waals surface area contributed by atoms with E-state index in [1.807, 2.05) is 104 Å². The molecule has 0 bridgehead atoms. The summed E-state index contributed by atoms with van der Waals surface area (Å²) in [6.07, 6.45) is 12.6. The molecule has 0 fully saturated rings. The van der Waals surface area contributed by atoms with Gasteiger partial charge in [0, 0.05) is 70.2 Å². The molecule has 12 rings (SSSR count). The maximum Gasteiger partial charge on any atom is 0.165 e. The van der Waals surface area contributed by atoms with Crippen LogP contribution in [-0.4, -0.2) is 59.8 Å². The number of fused-ring (bicyclic) bond motifs is 5. The Morgan fingerprint density at radius 2 is 0.844 bits per heavy atom. The average Bonchev–Trinajstić information content (AvgIpc) is 4.06. The van der Waals surface area contributed by atoms with E-state index in [4.69, 9.17) is 44.9 Å². The Balaban J connectivity index is 1.21. The van der Waals surface area contributed by atoms with Crippen molar-refractivity contribution in [3.63, 3.8) is 0 Å². The molecule has 0 amide bonds. The first-order chi connectivity index (χ1) is 31.7. The predicted molar refractivity (Wildman–Crippen MR) is 255 cm³/mol. The lowest BCUT2D eigenvalue weighted by atomic mass is 10.0. The summed E-state index contributed by atoms with van der Waals surface area (Å²) < 4.78 is 6.27. The molecule has 0 atom stereocenters. The third-order valence-corrected chi connectivity index (χ3v) is 11.4. The van der Waals surface area contributed by atoms with Gasteiger partial charge in [0.2, 0.25) is 0 Å². The Labute approximate surface area is 365 Å². The van der Waals surface area contributed by atoms with Crippen LogP contribution in [0.4, 0.5) is 5.69 Å². The highest BCUT2D eigenvalue weighted by Crippen LogP contribution is 2.41. The number of aliphatic imine (C=N–C) groups is 1. The molecule has 12 nitrogen and oxygen atoms in total. The lowest BCUT2D eigenvalue weighted by molar-refractivity contribution is 1.06. The molecular weight excluding hydrogens is 793 g/mol. The highest BCUT2D eigenvalue weighted by molar-refractivity contribution is 5.94. The summed E-state index contributed by atoms with van der Waals surface area (Å²) in [6.45, 7) is 6.02. The molecule has 12 aromatic rings. The summed E-state index contributed by atoms with van der Waals surface area (Å²) in [5.41, 5.74) is 12.4. The Kier molecular flexibility index (Phi) is 8.54. The standard InChI is InChI=1S/C52H34N12/c1-3-32-13-5-21-41(44(32)53-4-2)62-47(59-38-18-10-26-56-50(38)62)35-29-36(48-60-39-19-11-27-57-51(39)63(48)42-22-6-14-33-16-8-24-54-45(33)42)31-37(30-35)49-61-40-20-12-28-58-52(40)64(49)43-23-7-15-34-17-9-25-55-46(34)43/h3-31H,1H2,2H3. The molecule has 0 saturated heterocycles. The lowest BCUT2D eigenvalue weighted by Gasteiger charge is -2.17. The average molecular weight is 827 g/mol. The minimum atomic E-state index is 0.644. The molecule has 0 N–H and O–H groups in total. The van der Waals surface area contributed by atoms with Gasteiger partial charge in [-0.25, -0.2) is 29.9 Å². The Hall–Kier alpha value is -9.03. The van der Waals surface area contributed by atoms with Crippen LogP contribution in [0.15, 0.2) is 176 Å². The van der Waals surface area contributed by atoms with Crippen LogP contribution >= 0.6 is 0 Å². The minimum Gasteiger partial charge on any atom is -0.274 e. The number of para-hydroxylation sites is 3. The number of rotatable bonds is 8. The number of hydrogen-bond donors (Lipinski definition) is 0. The number of imidazole rings is 3. The quantitative estimate of drug-likeness (QED) is 0.138. The largest absolute Gasteiger partial charge is 0.274 e. The zero-order valence-corrected chi connectivity index (χ0v) is 34.3. The van der Waals surface area contributed by atoms with E-state index in [0.29, 0.717) is 34.4 Å². The SMILES string of the molecule is C=Cc1cccc(-n2c(-c3cc(-c4nc5cccnc5n4-c4cccc5cccnc45)cc(-c4nc5cccnc5n4-c4cccc5cccnc45)c3)nc3cccnc32)c1N=CC. The van der Waals surface area contributed by atoms with Crippen molar-refractivity contribution < 1.29 is 0 Å². The van der Waals surface area contributed by atoms with Gasteiger partial charge >= 0.3 is 0 Å². The molecule has 4 aromatic carbocycles. The molecule has 8 heterocycles. The summed E-state index contributed by atoms with van der Waals surface area (Å²) in [5, 5.41) is 1.99. The molecule has 0 aliphatic carbocycles. The van der Waals surface area contributed by atoms with E-state index in [0.717, 1.165) is 83.4 Å². The van der Waals surface area contributed by atoms with Gasteiger partial charge in [0.25, 0.3) is 0 Å². The minimum absolute atomic E-state index is 0.644. The molecule has 12 heteroatoms. The van der Waals surface area contributed by atoms with E-state index in [1.54, 1.807) is 24.8 Å². The van der Waals surface area contributed by atoms with Gasteiger partial charge in [0.1, 0.15) is 34.0 Å². The Morgan fingerprint density at radius 3 is 1.30 bits per heavy atom. The van der Waals surface area contributed by atoms with Crippen LogP contribution in [0.25, 0.3) is 113 Å². The number of benzene rings is 4. The molecule has 0 aliphatic heterocycles. The van der Waals surface area contributed by atoms with Gasteiger partial charge in [-0.1, -0.05) is 61.2 Å². The van der Waals surface area contributed by atoms with Crippen LogP contribution in [0, 0.1) is 0 Å². The van der Waals surface area contributed by atoms with E-state index in [1.165, 1.54) is 0 Å². The van der Waals surface area contributed by atoms with Crippen molar-refractivity contribution in [3.05, 3.63) is 177 Å². The summed E-state index contributed by atoms with van der Waals surface area (Å²) in [5.74, 6) is 1.97. The zero-order chi connectivity index (χ0) is 42.7. The summed E-state index contributed by atoms with van der Waals surface area (Å²) in [6, 6.07) is 44.4. The van der Waals surface area contributed by atoms with Crippen molar-refractivity contribution in [1.29, 1.82) is 0 Å². The van der Waals surface area contributed by atoms with Gasteiger partial charge in [-0.2, -0.15) is 0 Å². The molecule has 302 valence electrons. The van der Waals surface area contributed by atoms with Crippen molar-refractivity contribution in [2.45, 2.75) is 6.92 Å². The molecular formula is C52H34N12. The van der Waals surface area contributed by atoms with E-state index in [-0.39, 0.29) is 0 Å². The third kappa shape index (κ3) is 5.81. The van der Waals surface area contributed by atoms with E-state index < -0.39 is 0 Å². The van der Waals surface area contributed by atoms with Gasteiger partial charge < -0.3 is 0 Å². The summed E-state index contributed by atoms with van der Waals surface area (Å²) in [7, 11) is 0. The normalized spacial score (nSPS) is 11.8.